The Morgan fingerprint density at radius 2 is 2.00 bits per heavy atom. The predicted octanol–water partition coefficient (Wildman–Crippen LogP) is 3.09. The van der Waals surface area contributed by atoms with Crippen LogP contribution in [0.3, 0.4) is 0 Å². The Labute approximate surface area is 110 Å². The molecule has 0 aliphatic rings. The third kappa shape index (κ3) is 4.72. The smallest absolute Gasteiger partial charge is 0.152 e. The van der Waals surface area contributed by atoms with Crippen LogP contribution in [0.25, 0.3) is 6.08 Å². The second-order valence-corrected chi connectivity index (χ2v) is 3.67. The van der Waals surface area contributed by atoms with Crippen LogP contribution in [0.15, 0.2) is 18.2 Å². The Balaban J connectivity index is 0.00000137. The van der Waals surface area contributed by atoms with Gasteiger partial charge in [0.2, 0.25) is 0 Å². The van der Waals surface area contributed by atoms with Gasteiger partial charge in [0.25, 0.3) is 0 Å². The van der Waals surface area contributed by atoms with E-state index >= 15 is 0 Å². The van der Waals surface area contributed by atoms with Crippen molar-refractivity contribution in [2.45, 2.75) is 34.2 Å². The highest BCUT2D eigenvalue weighted by atomic mass is 16.5. The van der Waals surface area contributed by atoms with E-state index in [4.69, 9.17) is 10.5 Å². The molecule has 0 fully saturated rings. The van der Waals surface area contributed by atoms with Crippen LogP contribution < -0.4 is 10.5 Å². The zero-order chi connectivity index (χ0) is 14.1. The van der Waals surface area contributed by atoms with Crippen molar-refractivity contribution in [2.24, 2.45) is 5.73 Å². The summed E-state index contributed by atoms with van der Waals surface area (Å²) >= 11 is 0. The largest absolute Gasteiger partial charge is 0.496 e. The molecule has 1 aromatic rings. The standard InChI is InChI=1S/C13H17NO2.C2H6/c1-9-6-11(5-4-10(2)15)7-13(16-3)12(9)8-14;1-2/h4-7H,8,14H2,1-3H3;1-2H3/b5-4+;. The van der Waals surface area contributed by atoms with Gasteiger partial charge in [-0.25, -0.2) is 0 Å². The van der Waals surface area contributed by atoms with Crippen LogP contribution in [0.2, 0.25) is 0 Å². The normalized spacial score (nSPS) is 9.89. The molecule has 0 aliphatic heterocycles. The summed E-state index contributed by atoms with van der Waals surface area (Å²) in [5.74, 6) is 0.797. The highest BCUT2D eigenvalue weighted by Gasteiger charge is 2.05. The molecular formula is C15H23NO2. The van der Waals surface area contributed by atoms with E-state index < -0.39 is 0 Å². The minimum absolute atomic E-state index is 0.0273. The quantitative estimate of drug-likeness (QED) is 0.834. The monoisotopic (exact) mass is 249 g/mol. The zero-order valence-electron chi connectivity index (χ0n) is 11.9. The average Bonchev–Trinajstić information content (AvgIpc) is 2.37. The minimum atomic E-state index is 0.0273. The molecular weight excluding hydrogens is 226 g/mol. The first kappa shape index (κ1) is 16.4. The van der Waals surface area contributed by atoms with Gasteiger partial charge in [0.05, 0.1) is 7.11 Å². The van der Waals surface area contributed by atoms with Gasteiger partial charge in [0.15, 0.2) is 5.78 Å². The highest BCUT2D eigenvalue weighted by Crippen LogP contribution is 2.24. The maximum absolute atomic E-state index is 10.8. The number of carbonyl (C=O) groups is 1. The van der Waals surface area contributed by atoms with Crippen molar-refractivity contribution in [3.05, 3.63) is 34.9 Å². The summed E-state index contributed by atoms with van der Waals surface area (Å²) in [5, 5.41) is 0. The van der Waals surface area contributed by atoms with Gasteiger partial charge in [0.1, 0.15) is 5.75 Å². The lowest BCUT2D eigenvalue weighted by molar-refractivity contribution is -0.112. The van der Waals surface area contributed by atoms with E-state index in [-0.39, 0.29) is 5.78 Å². The van der Waals surface area contributed by atoms with Gasteiger partial charge in [-0.05, 0) is 37.1 Å². The molecule has 1 aromatic carbocycles. The van der Waals surface area contributed by atoms with Gasteiger partial charge in [-0.3, -0.25) is 4.79 Å². The molecule has 0 saturated heterocycles. The summed E-state index contributed by atoms with van der Waals surface area (Å²) in [4.78, 5) is 10.8. The predicted molar refractivity (Wildman–Crippen MR) is 76.7 cm³/mol. The van der Waals surface area contributed by atoms with Gasteiger partial charge < -0.3 is 10.5 Å². The first-order chi connectivity index (χ1) is 8.58. The van der Waals surface area contributed by atoms with Crippen LogP contribution in [-0.4, -0.2) is 12.9 Å². The number of allylic oxidation sites excluding steroid dienone is 1. The third-order valence-electron chi connectivity index (χ3n) is 2.39. The van der Waals surface area contributed by atoms with Crippen LogP contribution in [0.5, 0.6) is 5.75 Å². The second kappa shape index (κ2) is 8.48. The lowest BCUT2D eigenvalue weighted by atomic mass is 10.0. The van der Waals surface area contributed by atoms with E-state index in [9.17, 15) is 4.79 Å². The Morgan fingerprint density at radius 1 is 1.39 bits per heavy atom. The van der Waals surface area contributed by atoms with Crippen LogP contribution in [0, 0.1) is 6.92 Å². The molecule has 0 aromatic heterocycles. The molecule has 3 nitrogen and oxygen atoms in total. The number of rotatable bonds is 4. The van der Waals surface area contributed by atoms with Crippen LogP contribution >= 0.6 is 0 Å². The molecule has 0 unspecified atom stereocenters. The van der Waals surface area contributed by atoms with Gasteiger partial charge in [-0.15, -0.1) is 0 Å². The highest BCUT2D eigenvalue weighted by molar-refractivity contribution is 5.91. The van der Waals surface area contributed by atoms with E-state index in [1.54, 1.807) is 13.2 Å². The molecule has 0 heterocycles. The van der Waals surface area contributed by atoms with E-state index in [0.29, 0.717) is 6.54 Å². The number of ketones is 1. The Bertz CT molecular complexity index is 423. The van der Waals surface area contributed by atoms with Crippen molar-refractivity contribution in [2.75, 3.05) is 7.11 Å². The number of hydrogen-bond acceptors (Lipinski definition) is 3. The maximum atomic E-state index is 10.8. The molecule has 0 bridgehead atoms. The maximum Gasteiger partial charge on any atom is 0.152 e. The molecule has 0 atom stereocenters. The summed E-state index contributed by atoms with van der Waals surface area (Å²) in [7, 11) is 1.62. The molecule has 18 heavy (non-hydrogen) atoms. The van der Waals surface area contributed by atoms with Crippen molar-refractivity contribution in [3.63, 3.8) is 0 Å². The topological polar surface area (TPSA) is 52.3 Å². The molecule has 0 amide bonds. The number of ether oxygens (including phenoxy) is 1. The number of hydrogen-bond donors (Lipinski definition) is 1. The SMILES string of the molecule is CC.COc1cc(/C=C/C(C)=O)cc(C)c1CN. The van der Waals surface area contributed by atoms with Crippen LogP contribution in [-0.2, 0) is 11.3 Å². The van der Waals surface area contributed by atoms with Crippen molar-refractivity contribution < 1.29 is 9.53 Å². The van der Waals surface area contributed by atoms with Crippen molar-refractivity contribution in [3.8, 4) is 5.75 Å². The second-order valence-electron chi connectivity index (χ2n) is 3.67. The Hall–Kier alpha value is -1.61. The summed E-state index contributed by atoms with van der Waals surface area (Å²) in [6.07, 6.45) is 3.31. The fraction of sp³-hybridized carbons (Fsp3) is 0.400. The Kier molecular flexibility index (Phi) is 7.72. The first-order valence-electron chi connectivity index (χ1n) is 6.14. The molecule has 100 valence electrons. The van der Waals surface area contributed by atoms with Crippen molar-refractivity contribution >= 4 is 11.9 Å². The van der Waals surface area contributed by atoms with Gasteiger partial charge in [-0.1, -0.05) is 26.0 Å². The van der Waals surface area contributed by atoms with Crippen molar-refractivity contribution in [1.29, 1.82) is 0 Å². The van der Waals surface area contributed by atoms with E-state index in [1.165, 1.54) is 13.0 Å². The number of aryl methyl sites for hydroxylation is 1. The third-order valence-corrected chi connectivity index (χ3v) is 2.39. The van der Waals surface area contributed by atoms with Crippen molar-refractivity contribution in [1.82, 2.24) is 0 Å². The molecule has 1 rings (SSSR count). The van der Waals surface area contributed by atoms with E-state index in [0.717, 1.165) is 22.4 Å². The number of carbonyl (C=O) groups excluding carboxylic acids is 1. The number of benzene rings is 1. The molecule has 0 saturated carbocycles. The lowest BCUT2D eigenvalue weighted by Gasteiger charge is -2.11. The molecule has 0 aliphatic carbocycles. The zero-order valence-corrected chi connectivity index (χ0v) is 11.9. The lowest BCUT2D eigenvalue weighted by Crippen LogP contribution is -2.02. The van der Waals surface area contributed by atoms with Gasteiger partial charge in [0, 0.05) is 12.1 Å². The summed E-state index contributed by atoms with van der Waals surface area (Å²) in [6.45, 7) is 7.95. The molecule has 3 heteroatoms. The van der Waals surface area contributed by atoms with Gasteiger partial charge >= 0.3 is 0 Å². The van der Waals surface area contributed by atoms with Crippen LogP contribution in [0.1, 0.15) is 37.5 Å². The van der Waals surface area contributed by atoms with Crippen LogP contribution in [0.4, 0.5) is 0 Å². The fourth-order valence-corrected chi connectivity index (χ4v) is 1.57. The summed E-state index contributed by atoms with van der Waals surface area (Å²) in [6, 6.07) is 3.87. The average molecular weight is 249 g/mol. The molecule has 0 radical (unpaired) electrons. The van der Waals surface area contributed by atoms with Gasteiger partial charge in [-0.2, -0.15) is 0 Å². The molecule has 2 N–H and O–H groups in total. The summed E-state index contributed by atoms with van der Waals surface area (Å²) < 4.78 is 5.27. The molecule has 0 spiro atoms. The fourth-order valence-electron chi connectivity index (χ4n) is 1.57. The van der Waals surface area contributed by atoms with E-state index in [1.807, 2.05) is 32.9 Å². The summed E-state index contributed by atoms with van der Waals surface area (Å²) in [5.41, 5.74) is 8.67. The number of nitrogens with two attached hydrogens (primary N) is 1. The minimum Gasteiger partial charge on any atom is -0.496 e. The van der Waals surface area contributed by atoms with E-state index in [2.05, 4.69) is 0 Å². The number of methoxy groups -OCH3 is 1. The Morgan fingerprint density at radius 3 is 2.44 bits per heavy atom. The first-order valence-corrected chi connectivity index (χ1v) is 6.14.